The van der Waals surface area contributed by atoms with Crippen molar-refractivity contribution in [3.63, 3.8) is 0 Å². The molecule has 3 nitrogen and oxygen atoms in total. The summed E-state index contributed by atoms with van der Waals surface area (Å²) in [5.41, 5.74) is 3.91. The molecule has 1 heterocycles. The fourth-order valence-electron chi connectivity index (χ4n) is 4.15. The SMILES string of the molecule is CC1(C)[C@H]2CC[C@@]1(C)c1nc(SCc3ccc(Cl)cc3)nnc12. The van der Waals surface area contributed by atoms with E-state index in [4.69, 9.17) is 16.6 Å². The molecule has 1 saturated carbocycles. The van der Waals surface area contributed by atoms with E-state index in [1.165, 1.54) is 24.1 Å². The van der Waals surface area contributed by atoms with Crippen molar-refractivity contribution in [2.45, 2.75) is 55.9 Å². The number of halogens is 1. The van der Waals surface area contributed by atoms with Gasteiger partial charge >= 0.3 is 0 Å². The molecule has 2 bridgehead atoms. The number of hydrogen-bond acceptors (Lipinski definition) is 4. The zero-order chi connectivity index (χ0) is 16.2. The molecule has 1 fully saturated rings. The molecule has 0 saturated heterocycles. The third kappa shape index (κ3) is 2.22. The van der Waals surface area contributed by atoms with Crippen LogP contribution in [0.25, 0.3) is 0 Å². The third-order valence-electron chi connectivity index (χ3n) is 6.05. The van der Waals surface area contributed by atoms with Crippen LogP contribution in [0.4, 0.5) is 0 Å². The van der Waals surface area contributed by atoms with Crippen LogP contribution in [-0.4, -0.2) is 15.2 Å². The summed E-state index contributed by atoms with van der Waals surface area (Å²) in [4.78, 5) is 4.90. The van der Waals surface area contributed by atoms with Crippen LogP contribution in [0.2, 0.25) is 5.02 Å². The van der Waals surface area contributed by atoms with Crippen molar-refractivity contribution in [2.24, 2.45) is 5.41 Å². The molecule has 1 aromatic heterocycles. The van der Waals surface area contributed by atoms with Gasteiger partial charge in [0, 0.05) is 22.1 Å². The first-order valence-electron chi connectivity index (χ1n) is 8.04. The molecule has 120 valence electrons. The molecule has 0 unspecified atom stereocenters. The monoisotopic (exact) mass is 345 g/mol. The first-order valence-corrected chi connectivity index (χ1v) is 9.40. The molecule has 0 amide bonds. The van der Waals surface area contributed by atoms with Gasteiger partial charge < -0.3 is 0 Å². The molecule has 0 spiro atoms. The van der Waals surface area contributed by atoms with Gasteiger partial charge in [0.25, 0.3) is 0 Å². The van der Waals surface area contributed by atoms with Crippen molar-refractivity contribution < 1.29 is 0 Å². The molecule has 0 aliphatic heterocycles. The molecule has 2 aliphatic carbocycles. The number of nitrogens with zero attached hydrogens (tertiary/aromatic N) is 3. The Kier molecular flexibility index (Phi) is 3.47. The number of fused-ring (bicyclic) bond motifs is 5. The standard InChI is InChI=1S/C18H20ClN3S/c1-17(2)13-8-9-18(17,3)15-14(13)21-22-16(20-15)23-10-11-4-6-12(19)7-5-11/h4-7,13H,8-10H2,1-3H3/t13-,18-/m0/s1. The maximum atomic E-state index is 5.93. The molecule has 2 aliphatic rings. The number of aromatic nitrogens is 3. The van der Waals surface area contributed by atoms with Crippen molar-refractivity contribution in [2.75, 3.05) is 0 Å². The Hall–Kier alpha value is -1.13. The molecule has 23 heavy (non-hydrogen) atoms. The second-order valence-electron chi connectivity index (χ2n) is 7.39. The number of rotatable bonds is 3. The molecule has 5 heteroatoms. The van der Waals surface area contributed by atoms with E-state index in [1.54, 1.807) is 11.8 Å². The lowest BCUT2D eigenvalue weighted by atomic mass is 9.70. The molecular formula is C18H20ClN3S. The highest BCUT2D eigenvalue weighted by molar-refractivity contribution is 7.98. The predicted molar refractivity (Wildman–Crippen MR) is 93.9 cm³/mol. The first kappa shape index (κ1) is 15.4. The minimum Gasteiger partial charge on any atom is -0.224 e. The van der Waals surface area contributed by atoms with E-state index in [2.05, 4.69) is 31.0 Å². The Morgan fingerprint density at radius 2 is 1.91 bits per heavy atom. The molecular weight excluding hydrogens is 326 g/mol. The fourth-order valence-corrected chi connectivity index (χ4v) is 5.02. The molecule has 0 N–H and O–H groups in total. The summed E-state index contributed by atoms with van der Waals surface area (Å²) < 4.78 is 0. The number of thioether (sulfide) groups is 1. The zero-order valence-electron chi connectivity index (χ0n) is 13.6. The molecule has 2 atom stereocenters. The number of benzene rings is 1. The second-order valence-corrected chi connectivity index (χ2v) is 8.77. The van der Waals surface area contributed by atoms with Gasteiger partial charge in [0.05, 0.1) is 11.4 Å². The Labute approximate surface area is 146 Å². The van der Waals surface area contributed by atoms with Gasteiger partial charge in [0.15, 0.2) is 0 Å². The van der Waals surface area contributed by atoms with E-state index in [1.807, 2.05) is 24.3 Å². The first-order chi connectivity index (χ1) is 10.9. The Morgan fingerprint density at radius 1 is 1.17 bits per heavy atom. The smallest absolute Gasteiger partial charge is 0.209 e. The highest BCUT2D eigenvalue weighted by atomic mass is 35.5. The Bertz CT molecular complexity index is 759. The van der Waals surface area contributed by atoms with Crippen LogP contribution in [0.15, 0.2) is 29.4 Å². The summed E-state index contributed by atoms with van der Waals surface area (Å²) in [6.45, 7) is 7.06. The van der Waals surface area contributed by atoms with E-state index < -0.39 is 0 Å². The van der Waals surface area contributed by atoms with Crippen LogP contribution in [0.1, 0.15) is 56.5 Å². The lowest BCUT2D eigenvalue weighted by Crippen LogP contribution is -2.32. The van der Waals surface area contributed by atoms with E-state index in [0.29, 0.717) is 5.92 Å². The zero-order valence-corrected chi connectivity index (χ0v) is 15.2. The van der Waals surface area contributed by atoms with Gasteiger partial charge in [0.1, 0.15) is 0 Å². The van der Waals surface area contributed by atoms with E-state index in [9.17, 15) is 0 Å². The summed E-state index contributed by atoms with van der Waals surface area (Å²) in [5.74, 6) is 1.35. The fraction of sp³-hybridized carbons (Fsp3) is 0.500. The highest BCUT2D eigenvalue weighted by Crippen LogP contribution is 2.66. The van der Waals surface area contributed by atoms with Crippen LogP contribution in [-0.2, 0) is 11.2 Å². The normalized spacial score (nSPS) is 27.2. The average Bonchev–Trinajstić information content (AvgIpc) is 2.86. The van der Waals surface area contributed by atoms with Crippen molar-refractivity contribution >= 4 is 23.4 Å². The van der Waals surface area contributed by atoms with Gasteiger partial charge in [-0.05, 0) is 36.0 Å². The van der Waals surface area contributed by atoms with Crippen molar-refractivity contribution in [1.82, 2.24) is 15.2 Å². The van der Waals surface area contributed by atoms with Crippen LogP contribution >= 0.6 is 23.4 Å². The highest BCUT2D eigenvalue weighted by Gasteiger charge is 2.61. The summed E-state index contributed by atoms with van der Waals surface area (Å²) in [5, 5.41) is 10.5. The molecule has 1 aromatic carbocycles. The maximum absolute atomic E-state index is 5.93. The van der Waals surface area contributed by atoms with E-state index in [0.717, 1.165) is 21.6 Å². The lowest BCUT2D eigenvalue weighted by Gasteiger charge is -2.33. The summed E-state index contributed by atoms with van der Waals surface area (Å²) in [7, 11) is 0. The van der Waals surface area contributed by atoms with Gasteiger partial charge in [-0.25, -0.2) is 4.98 Å². The molecule has 4 rings (SSSR count). The average molecular weight is 346 g/mol. The van der Waals surface area contributed by atoms with Gasteiger partial charge in [-0.1, -0.05) is 56.3 Å². The van der Waals surface area contributed by atoms with Gasteiger partial charge in [-0.15, -0.1) is 5.10 Å². The summed E-state index contributed by atoms with van der Waals surface area (Å²) in [6, 6.07) is 7.93. The Morgan fingerprint density at radius 3 is 2.65 bits per heavy atom. The third-order valence-corrected chi connectivity index (χ3v) is 7.21. The van der Waals surface area contributed by atoms with Gasteiger partial charge in [-0.2, -0.15) is 5.10 Å². The van der Waals surface area contributed by atoms with Gasteiger partial charge in [-0.3, -0.25) is 0 Å². The molecule has 2 aromatic rings. The topological polar surface area (TPSA) is 38.7 Å². The van der Waals surface area contributed by atoms with Gasteiger partial charge in [0.2, 0.25) is 5.16 Å². The minimum atomic E-state index is 0.137. The lowest BCUT2D eigenvalue weighted by molar-refractivity contribution is 0.226. The quantitative estimate of drug-likeness (QED) is 0.734. The van der Waals surface area contributed by atoms with Crippen molar-refractivity contribution in [1.29, 1.82) is 0 Å². The Balaban J connectivity index is 1.59. The summed E-state index contributed by atoms with van der Waals surface area (Å²) >= 11 is 7.57. The van der Waals surface area contributed by atoms with Crippen LogP contribution in [0, 0.1) is 5.41 Å². The van der Waals surface area contributed by atoms with Crippen LogP contribution in [0.3, 0.4) is 0 Å². The molecule has 0 radical (unpaired) electrons. The maximum Gasteiger partial charge on any atom is 0.209 e. The predicted octanol–water partition coefficient (Wildman–Crippen LogP) is 4.99. The van der Waals surface area contributed by atoms with E-state index >= 15 is 0 Å². The van der Waals surface area contributed by atoms with E-state index in [-0.39, 0.29) is 10.8 Å². The second kappa shape index (κ2) is 5.18. The van der Waals surface area contributed by atoms with Crippen molar-refractivity contribution in [3.8, 4) is 0 Å². The summed E-state index contributed by atoms with van der Waals surface area (Å²) in [6.07, 6.45) is 2.42. The minimum absolute atomic E-state index is 0.137. The number of hydrogen-bond donors (Lipinski definition) is 0. The van der Waals surface area contributed by atoms with Crippen molar-refractivity contribution in [3.05, 3.63) is 46.2 Å². The van der Waals surface area contributed by atoms with Crippen LogP contribution in [0.5, 0.6) is 0 Å². The van der Waals surface area contributed by atoms with Crippen LogP contribution < -0.4 is 0 Å². The largest absolute Gasteiger partial charge is 0.224 e.